The average Bonchev–Trinajstić information content (AvgIpc) is 2.44. The SMILES string of the molecule is CCC(C)C(C)NCc1cccc(/C(N)=N/O)c1F. The Morgan fingerprint density at radius 1 is 1.47 bits per heavy atom. The van der Waals surface area contributed by atoms with E-state index in [2.05, 4.69) is 31.2 Å². The van der Waals surface area contributed by atoms with Gasteiger partial charge in [-0.3, -0.25) is 0 Å². The number of hydrogen-bond donors (Lipinski definition) is 3. The van der Waals surface area contributed by atoms with Crippen molar-refractivity contribution in [3.8, 4) is 0 Å². The van der Waals surface area contributed by atoms with Gasteiger partial charge >= 0.3 is 0 Å². The molecule has 4 nitrogen and oxygen atoms in total. The quantitative estimate of drug-likeness (QED) is 0.321. The van der Waals surface area contributed by atoms with Crippen LogP contribution in [0.2, 0.25) is 0 Å². The van der Waals surface area contributed by atoms with Gasteiger partial charge in [0, 0.05) is 18.2 Å². The van der Waals surface area contributed by atoms with Crippen LogP contribution in [-0.2, 0) is 6.54 Å². The first-order valence-corrected chi connectivity index (χ1v) is 6.49. The van der Waals surface area contributed by atoms with Crippen LogP contribution in [0.5, 0.6) is 0 Å². The lowest BCUT2D eigenvalue weighted by atomic mass is 10.0. The van der Waals surface area contributed by atoms with Crippen LogP contribution in [0.1, 0.15) is 38.3 Å². The van der Waals surface area contributed by atoms with Crippen molar-refractivity contribution in [1.29, 1.82) is 0 Å². The van der Waals surface area contributed by atoms with E-state index in [1.54, 1.807) is 12.1 Å². The van der Waals surface area contributed by atoms with E-state index >= 15 is 0 Å². The summed E-state index contributed by atoms with van der Waals surface area (Å²) in [6, 6.07) is 5.18. The number of nitrogens with one attached hydrogen (secondary N) is 1. The van der Waals surface area contributed by atoms with E-state index in [-0.39, 0.29) is 11.4 Å². The Labute approximate surface area is 113 Å². The van der Waals surface area contributed by atoms with Crippen molar-refractivity contribution in [2.45, 2.75) is 39.8 Å². The van der Waals surface area contributed by atoms with Crippen LogP contribution in [-0.4, -0.2) is 17.1 Å². The van der Waals surface area contributed by atoms with Crippen LogP contribution in [0.15, 0.2) is 23.4 Å². The Morgan fingerprint density at radius 3 is 2.74 bits per heavy atom. The van der Waals surface area contributed by atoms with Crippen molar-refractivity contribution in [3.63, 3.8) is 0 Å². The van der Waals surface area contributed by atoms with E-state index in [1.807, 2.05) is 0 Å². The zero-order valence-electron chi connectivity index (χ0n) is 11.7. The molecule has 1 rings (SSSR count). The Bertz CT molecular complexity index is 448. The molecule has 0 fully saturated rings. The molecule has 0 amide bonds. The molecule has 106 valence electrons. The number of oxime groups is 1. The molecule has 19 heavy (non-hydrogen) atoms. The summed E-state index contributed by atoms with van der Waals surface area (Å²) < 4.78 is 14.1. The van der Waals surface area contributed by atoms with Gasteiger partial charge in [-0.1, -0.05) is 37.6 Å². The summed E-state index contributed by atoms with van der Waals surface area (Å²) >= 11 is 0. The highest BCUT2D eigenvalue weighted by molar-refractivity contribution is 5.97. The first-order valence-electron chi connectivity index (χ1n) is 6.49. The van der Waals surface area contributed by atoms with Crippen molar-refractivity contribution in [1.82, 2.24) is 5.32 Å². The molecule has 0 aliphatic rings. The third-order valence-electron chi connectivity index (χ3n) is 3.57. The molecule has 2 unspecified atom stereocenters. The molecule has 0 bridgehead atoms. The molecular formula is C14H22FN3O. The summed E-state index contributed by atoms with van der Waals surface area (Å²) in [5.74, 6) is -0.133. The highest BCUT2D eigenvalue weighted by atomic mass is 19.1. The largest absolute Gasteiger partial charge is 0.409 e. The molecule has 1 aromatic carbocycles. The summed E-state index contributed by atoms with van der Waals surface area (Å²) in [4.78, 5) is 0. The lowest BCUT2D eigenvalue weighted by Gasteiger charge is -2.20. The van der Waals surface area contributed by atoms with E-state index in [0.29, 0.717) is 24.1 Å². The molecule has 0 saturated heterocycles. The van der Waals surface area contributed by atoms with Crippen LogP contribution in [0.4, 0.5) is 4.39 Å². The summed E-state index contributed by atoms with van der Waals surface area (Å²) in [5, 5.41) is 14.7. The lowest BCUT2D eigenvalue weighted by molar-refractivity contribution is 0.318. The maximum absolute atomic E-state index is 14.1. The average molecular weight is 267 g/mol. The predicted molar refractivity (Wildman–Crippen MR) is 74.7 cm³/mol. The molecule has 0 aromatic heterocycles. The zero-order chi connectivity index (χ0) is 14.4. The minimum atomic E-state index is -0.443. The Hall–Kier alpha value is -1.62. The second-order valence-electron chi connectivity index (χ2n) is 4.82. The minimum absolute atomic E-state index is 0.123. The predicted octanol–water partition coefficient (Wildman–Crippen LogP) is 2.44. The molecule has 1 aromatic rings. The fourth-order valence-corrected chi connectivity index (χ4v) is 1.79. The van der Waals surface area contributed by atoms with Crippen molar-refractivity contribution in [2.75, 3.05) is 0 Å². The molecule has 2 atom stereocenters. The highest BCUT2D eigenvalue weighted by Gasteiger charge is 2.14. The first kappa shape index (κ1) is 15.4. The van der Waals surface area contributed by atoms with Gasteiger partial charge in [-0.2, -0.15) is 0 Å². The third kappa shape index (κ3) is 3.92. The van der Waals surface area contributed by atoms with Crippen LogP contribution < -0.4 is 11.1 Å². The number of amidine groups is 1. The molecule has 0 heterocycles. The molecule has 0 aliphatic carbocycles. The highest BCUT2D eigenvalue weighted by Crippen LogP contribution is 2.14. The van der Waals surface area contributed by atoms with Gasteiger partial charge in [0.05, 0.1) is 5.56 Å². The van der Waals surface area contributed by atoms with Crippen LogP contribution in [0.25, 0.3) is 0 Å². The van der Waals surface area contributed by atoms with E-state index in [4.69, 9.17) is 10.9 Å². The number of benzene rings is 1. The molecular weight excluding hydrogens is 245 g/mol. The van der Waals surface area contributed by atoms with E-state index in [0.717, 1.165) is 6.42 Å². The van der Waals surface area contributed by atoms with Crippen molar-refractivity contribution < 1.29 is 9.60 Å². The van der Waals surface area contributed by atoms with Gasteiger partial charge in [-0.05, 0) is 18.9 Å². The second kappa shape index (κ2) is 7.09. The lowest BCUT2D eigenvalue weighted by Crippen LogP contribution is -2.31. The normalized spacial score (nSPS) is 15.3. The number of rotatable bonds is 6. The van der Waals surface area contributed by atoms with Crippen LogP contribution in [0.3, 0.4) is 0 Å². The fourth-order valence-electron chi connectivity index (χ4n) is 1.79. The third-order valence-corrected chi connectivity index (χ3v) is 3.57. The number of halogens is 1. The van der Waals surface area contributed by atoms with Gasteiger partial charge in [-0.25, -0.2) is 4.39 Å². The van der Waals surface area contributed by atoms with Gasteiger partial charge in [0.1, 0.15) is 5.82 Å². The molecule has 0 spiro atoms. The Morgan fingerprint density at radius 2 is 2.16 bits per heavy atom. The second-order valence-corrected chi connectivity index (χ2v) is 4.82. The molecule has 4 N–H and O–H groups in total. The maximum Gasteiger partial charge on any atom is 0.173 e. The number of nitrogens with two attached hydrogens (primary N) is 1. The molecule has 0 radical (unpaired) electrons. The van der Waals surface area contributed by atoms with Crippen molar-refractivity contribution in [3.05, 3.63) is 35.1 Å². The summed E-state index contributed by atoms with van der Waals surface area (Å²) in [5.41, 5.74) is 6.07. The smallest absolute Gasteiger partial charge is 0.173 e. The fraction of sp³-hybridized carbons (Fsp3) is 0.500. The van der Waals surface area contributed by atoms with Crippen molar-refractivity contribution >= 4 is 5.84 Å². The number of hydrogen-bond acceptors (Lipinski definition) is 3. The topological polar surface area (TPSA) is 70.6 Å². The number of nitrogens with zero attached hydrogens (tertiary/aromatic N) is 1. The molecule has 0 aliphatic heterocycles. The van der Waals surface area contributed by atoms with Crippen LogP contribution >= 0.6 is 0 Å². The monoisotopic (exact) mass is 267 g/mol. The zero-order valence-corrected chi connectivity index (χ0v) is 11.7. The van der Waals surface area contributed by atoms with Gasteiger partial charge in [-0.15, -0.1) is 0 Å². The minimum Gasteiger partial charge on any atom is -0.409 e. The van der Waals surface area contributed by atoms with Gasteiger partial charge in [0.2, 0.25) is 0 Å². The Kier molecular flexibility index (Phi) is 5.76. The van der Waals surface area contributed by atoms with E-state index < -0.39 is 5.82 Å². The summed E-state index contributed by atoms with van der Waals surface area (Å²) in [7, 11) is 0. The van der Waals surface area contributed by atoms with E-state index in [9.17, 15) is 4.39 Å². The van der Waals surface area contributed by atoms with Crippen molar-refractivity contribution in [2.24, 2.45) is 16.8 Å². The maximum atomic E-state index is 14.1. The first-order chi connectivity index (χ1) is 9.01. The molecule has 0 saturated carbocycles. The molecule has 5 heteroatoms. The Balaban J connectivity index is 2.80. The summed E-state index contributed by atoms with van der Waals surface area (Å²) in [6.45, 7) is 6.78. The van der Waals surface area contributed by atoms with Crippen LogP contribution in [0, 0.1) is 11.7 Å². The van der Waals surface area contributed by atoms with E-state index in [1.165, 1.54) is 6.07 Å². The van der Waals surface area contributed by atoms with Gasteiger partial charge < -0.3 is 16.3 Å². The van der Waals surface area contributed by atoms with Gasteiger partial charge in [0.25, 0.3) is 0 Å². The summed E-state index contributed by atoms with van der Waals surface area (Å²) in [6.07, 6.45) is 1.07. The van der Waals surface area contributed by atoms with Gasteiger partial charge in [0.15, 0.2) is 5.84 Å². The standard InChI is InChI=1S/C14H22FN3O/c1-4-9(2)10(3)17-8-11-6-5-7-12(13(11)15)14(16)18-19/h5-7,9-10,17,19H,4,8H2,1-3H3,(H2,16,18).